The molecule has 0 unspecified atom stereocenters. The van der Waals surface area contributed by atoms with Crippen molar-refractivity contribution in [2.45, 2.75) is 23.7 Å². The Morgan fingerprint density at radius 3 is 0.938 bits per heavy atom. The molecular weight excluding hydrogens is 256 g/mol. The Morgan fingerprint density at radius 1 is 0.562 bits per heavy atom. The molecule has 1 fully saturated rings. The molecule has 0 amide bonds. The normalized spacial score (nSPS) is 30.2. The van der Waals surface area contributed by atoms with Gasteiger partial charge in [0.15, 0.2) is 0 Å². The monoisotopic (exact) mass is 256 g/mol. The molecular formula is C6F8O2. The minimum atomic E-state index is -6.63. The molecule has 2 nitrogen and oxygen atoms in total. The van der Waals surface area contributed by atoms with Crippen molar-refractivity contribution in [2.75, 3.05) is 0 Å². The second-order valence-electron chi connectivity index (χ2n) is 2.96. The third-order valence-corrected chi connectivity index (χ3v) is 1.96. The number of hydrogen-bond acceptors (Lipinski definition) is 2. The summed E-state index contributed by atoms with van der Waals surface area (Å²) in [6.45, 7) is 0. The highest BCUT2D eigenvalue weighted by molar-refractivity contribution is 6.43. The number of ketones is 2. The smallest absolute Gasteiger partial charge is 0.283 e. The van der Waals surface area contributed by atoms with Crippen LogP contribution in [0.15, 0.2) is 0 Å². The second-order valence-corrected chi connectivity index (χ2v) is 2.96. The van der Waals surface area contributed by atoms with Crippen molar-refractivity contribution in [1.82, 2.24) is 0 Å². The van der Waals surface area contributed by atoms with Gasteiger partial charge in [0, 0.05) is 0 Å². The standard InChI is InChI=1S/C6F8O2/c7-3(8)1(15)2(16)4(9,10)6(13,14)5(3,11)12. The Labute approximate surface area is 81.2 Å². The molecule has 92 valence electrons. The van der Waals surface area contributed by atoms with Crippen molar-refractivity contribution in [2.24, 2.45) is 0 Å². The van der Waals surface area contributed by atoms with Crippen molar-refractivity contribution < 1.29 is 44.7 Å². The van der Waals surface area contributed by atoms with Gasteiger partial charge in [0.25, 0.3) is 11.6 Å². The van der Waals surface area contributed by atoms with Crippen LogP contribution >= 0.6 is 0 Å². The van der Waals surface area contributed by atoms with Crippen LogP contribution in [0.25, 0.3) is 0 Å². The molecule has 1 saturated carbocycles. The lowest BCUT2D eigenvalue weighted by Gasteiger charge is -2.39. The summed E-state index contributed by atoms with van der Waals surface area (Å²) in [5, 5.41) is 0. The second kappa shape index (κ2) is 2.72. The van der Waals surface area contributed by atoms with E-state index in [-0.39, 0.29) is 0 Å². The number of hydrogen-bond donors (Lipinski definition) is 0. The van der Waals surface area contributed by atoms with E-state index in [0.29, 0.717) is 0 Å². The summed E-state index contributed by atoms with van der Waals surface area (Å²) in [7, 11) is 0. The molecule has 1 aliphatic rings. The highest BCUT2D eigenvalue weighted by Crippen LogP contribution is 2.56. The third-order valence-electron chi connectivity index (χ3n) is 1.96. The van der Waals surface area contributed by atoms with Crippen molar-refractivity contribution in [3.63, 3.8) is 0 Å². The van der Waals surface area contributed by atoms with Gasteiger partial charge in [-0.1, -0.05) is 0 Å². The predicted molar refractivity (Wildman–Crippen MR) is 29.8 cm³/mol. The van der Waals surface area contributed by atoms with E-state index >= 15 is 0 Å². The topological polar surface area (TPSA) is 34.1 Å². The van der Waals surface area contributed by atoms with E-state index in [1.54, 1.807) is 0 Å². The first kappa shape index (κ1) is 12.8. The molecule has 0 atom stereocenters. The van der Waals surface area contributed by atoms with Crippen LogP contribution in [-0.2, 0) is 9.59 Å². The Hall–Kier alpha value is -1.22. The molecule has 10 heteroatoms. The van der Waals surface area contributed by atoms with E-state index in [0.717, 1.165) is 0 Å². The van der Waals surface area contributed by atoms with Crippen LogP contribution in [-0.4, -0.2) is 35.3 Å². The minimum absolute atomic E-state index is 3.53. The van der Waals surface area contributed by atoms with Crippen LogP contribution in [0.4, 0.5) is 35.1 Å². The summed E-state index contributed by atoms with van der Waals surface area (Å²) in [4.78, 5) is 20.3. The first-order valence-electron chi connectivity index (χ1n) is 3.42. The van der Waals surface area contributed by atoms with E-state index in [1.807, 2.05) is 0 Å². The number of carbonyl (C=O) groups excluding carboxylic acids is 2. The molecule has 0 bridgehead atoms. The summed E-state index contributed by atoms with van der Waals surface area (Å²) in [6.07, 6.45) is 0. The molecule has 0 aromatic rings. The molecule has 0 N–H and O–H groups in total. The van der Waals surface area contributed by atoms with Gasteiger partial charge in [-0.3, -0.25) is 9.59 Å². The van der Waals surface area contributed by atoms with Gasteiger partial charge in [-0.05, 0) is 0 Å². The highest BCUT2D eigenvalue weighted by atomic mass is 19.4. The van der Waals surface area contributed by atoms with Gasteiger partial charge in [0.2, 0.25) is 0 Å². The molecule has 0 saturated heterocycles. The first-order valence-corrected chi connectivity index (χ1v) is 3.42. The fourth-order valence-corrected chi connectivity index (χ4v) is 0.965. The number of alkyl halides is 8. The maximum Gasteiger partial charge on any atom is 0.386 e. The number of halogens is 8. The van der Waals surface area contributed by atoms with Gasteiger partial charge in [-0.15, -0.1) is 0 Å². The Balaban J connectivity index is 3.54. The number of rotatable bonds is 0. The maximum atomic E-state index is 12.3. The SMILES string of the molecule is O=C1C(=O)C(F)(F)C(F)(F)C(F)(F)C1(F)F. The largest absolute Gasteiger partial charge is 0.386 e. The lowest BCUT2D eigenvalue weighted by molar-refractivity contribution is -0.355. The zero-order valence-electron chi connectivity index (χ0n) is 6.84. The summed E-state index contributed by atoms with van der Waals surface area (Å²) in [5.41, 5.74) is 0. The zero-order valence-corrected chi connectivity index (χ0v) is 6.84. The van der Waals surface area contributed by atoms with E-state index in [1.165, 1.54) is 0 Å². The average molecular weight is 256 g/mol. The zero-order chi connectivity index (χ0) is 13.2. The molecule has 0 aromatic carbocycles. The maximum absolute atomic E-state index is 12.3. The molecule has 0 aliphatic heterocycles. The Bertz CT molecular complexity index is 335. The van der Waals surface area contributed by atoms with E-state index < -0.39 is 35.3 Å². The minimum Gasteiger partial charge on any atom is -0.283 e. The van der Waals surface area contributed by atoms with E-state index in [2.05, 4.69) is 0 Å². The van der Waals surface area contributed by atoms with Crippen LogP contribution in [0.1, 0.15) is 0 Å². The van der Waals surface area contributed by atoms with Gasteiger partial charge in [0.1, 0.15) is 0 Å². The molecule has 0 aromatic heterocycles. The first-order chi connectivity index (χ1) is 6.82. The molecule has 1 aliphatic carbocycles. The van der Waals surface area contributed by atoms with E-state index in [4.69, 9.17) is 0 Å². The van der Waals surface area contributed by atoms with Gasteiger partial charge < -0.3 is 0 Å². The Kier molecular flexibility index (Phi) is 2.18. The van der Waals surface area contributed by atoms with Gasteiger partial charge >= 0.3 is 23.7 Å². The lowest BCUT2D eigenvalue weighted by atomic mass is 9.84. The predicted octanol–water partition coefficient (Wildman–Crippen LogP) is 1.68. The van der Waals surface area contributed by atoms with Crippen molar-refractivity contribution >= 4 is 11.6 Å². The van der Waals surface area contributed by atoms with Crippen molar-refractivity contribution in [3.8, 4) is 0 Å². The fraction of sp³-hybridized carbons (Fsp3) is 0.667. The molecule has 0 spiro atoms. The van der Waals surface area contributed by atoms with Crippen LogP contribution in [0.5, 0.6) is 0 Å². The van der Waals surface area contributed by atoms with E-state index in [9.17, 15) is 44.7 Å². The third kappa shape index (κ3) is 1.02. The van der Waals surface area contributed by atoms with Gasteiger partial charge in [0.05, 0.1) is 0 Å². The summed E-state index contributed by atoms with van der Waals surface area (Å²) < 4.78 is 98.6. The van der Waals surface area contributed by atoms with Crippen LogP contribution in [0.3, 0.4) is 0 Å². The summed E-state index contributed by atoms with van der Waals surface area (Å²) >= 11 is 0. The quantitative estimate of drug-likeness (QED) is 0.488. The van der Waals surface area contributed by atoms with Gasteiger partial charge in [-0.25, -0.2) is 0 Å². The average Bonchev–Trinajstić information content (AvgIpc) is 2.12. The van der Waals surface area contributed by atoms with Crippen LogP contribution in [0, 0.1) is 0 Å². The van der Waals surface area contributed by atoms with Crippen LogP contribution in [0.2, 0.25) is 0 Å². The summed E-state index contributed by atoms with van der Waals surface area (Å²) in [6, 6.07) is 0. The number of carbonyl (C=O) groups is 2. The van der Waals surface area contributed by atoms with Crippen molar-refractivity contribution in [3.05, 3.63) is 0 Å². The highest BCUT2D eigenvalue weighted by Gasteiger charge is 2.90. The van der Waals surface area contributed by atoms with Crippen LogP contribution < -0.4 is 0 Å². The Morgan fingerprint density at radius 2 is 0.750 bits per heavy atom. The number of Topliss-reactive ketones (excluding diaryl/α,β-unsaturated/α-hetero) is 2. The molecule has 0 radical (unpaired) electrons. The molecule has 0 heterocycles. The van der Waals surface area contributed by atoms with Crippen molar-refractivity contribution in [1.29, 1.82) is 0 Å². The fourth-order valence-electron chi connectivity index (χ4n) is 0.965. The molecule has 16 heavy (non-hydrogen) atoms. The summed E-state index contributed by atoms with van der Waals surface area (Å²) in [5.74, 6) is -32.6. The van der Waals surface area contributed by atoms with Gasteiger partial charge in [-0.2, -0.15) is 35.1 Å². The molecule has 1 rings (SSSR count). The lowest BCUT2D eigenvalue weighted by Crippen LogP contribution is -2.74.